The molecule has 27 heavy (non-hydrogen) atoms. The lowest BCUT2D eigenvalue weighted by molar-refractivity contribution is -0.134. The Kier molecular flexibility index (Phi) is 7.58. The standard InChI is InChI=1S/C17H25FN4O3S.ClH/c1-14-12-19-5-6-21(14)13-17(23)20-7-9-22(10-8-20)26(24,25)16-4-2-3-15(18)11-16;/h2-4,11,14,19H,5-10,12-13H2,1H3;1H/t14-;/m0./s1. The van der Waals surface area contributed by atoms with Crippen LogP contribution in [0.5, 0.6) is 0 Å². The molecule has 0 bridgehead atoms. The van der Waals surface area contributed by atoms with Gasteiger partial charge in [0.1, 0.15) is 5.82 Å². The minimum atomic E-state index is -3.73. The van der Waals surface area contributed by atoms with Gasteiger partial charge in [0.05, 0.1) is 11.4 Å². The summed E-state index contributed by atoms with van der Waals surface area (Å²) in [6, 6.07) is 5.33. The lowest BCUT2D eigenvalue weighted by Crippen LogP contribution is -2.56. The van der Waals surface area contributed by atoms with E-state index in [1.165, 1.54) is 22.5 Å². The number of hydrogen-bond donors (Lipinski definition) is 1. The molecule has 2 aliphatic heterocycles. The molecular formula is C17H26ClFN4O3S. The predicted octanol–water partition coefficient (Wildman–Crippen LogP) is 0.374. The van der Waals surface area contributed by atoms with Crippen LogP contribution in [0.4, 0.5) is 4.39 Å². The zero-order valence-corrected chi connectivity index (χ0v) is 16.9. The second kappa shape index (κ2) is 9.29. The molecule has 2 aliphatic rings. The third-order valence-electron chi connectivity index (χ3n) is 5.00. The SMILES string of the molecule is C[C@H]1CNCCN1CC(=O)N1CCN(S(=O)(=O)c2cccc(F)c2)CC1.Cl. The van der Waals surface area contributed by atoms with E-state index in [2.05, 4.69) is 17.1 Å². The van der Waals surface area contributed by atoms with Gasteiger partial charge in [-0.3, -0.25) is 9.69 Å². The number of halogens is 2. The van der Waals surface area contributed by atoms with E-state index in [-0.39, 0.29) is 36.3 Å². The molecule has 0 aromatic heterocycles. The van der Waals surface area contributed by atoms with E-state index in [0.717, 1.165) is 25.7 Å². The summed E-state index contributed by atoms with van der Waals surface area (Å²) in [5.41, 5.74) is 0. The Morgan fingerprint density at radius 2 is 1.93 bits per heavy atom. The third kappa shape index (κ3) is 5.17. The number of benzene rings is 1. The molecule has 3 rings (SSSR count). The summed E-state index contributed by atoms with van der Waals surface area (Å²) in [5.74, 6) is -0.549. The molecule has 10 heteroatoms. The zero-order valence-electron chi connectivity index (χ0n) is 15.3. The first-order valence-corrected chi connectivity index (χ1v) is 10.3. The maximum atomic E-state index is 13.3. The van der Waals surface area contributed by atoms with Crippen LogP contribution >= 0.6 is 12.4 Å². The van der Waals surface area contributed by atoms with Gasteiger partial charge in [0.15, 0.2) is 0 Å². The highest BCUT2D eigenvalue weighted by Gasteiger charge is 2.31. The average Bonchev–Trinajstić information content (AvgIpc) is 2.63. The highest BCUT2D eigenvalue weighted by Crippen LogP contribution is 2.18. The van der Waals surface area contributed by atoms with Crippen molar-refractivity contribution in [2.45, 2.75) is 17.9 Å². The Balaban J connectivity index is 0.00000261. The van der Waals surface area contributed by atoms with Gasteiger partial charge >= 0.3 is 0 Å². The van der Waals surface area contributed by atoms with E-state index in [1.807, 2.05) is 0 Å². The summed E-state index contributed by atoms with van der Waals surface area (Å²) in [6.45, 7) is 6.18. The number of nitrogens with one attached hydrogen (secondary N) is 1. The summed E-state index contributed by atoms with van der Waals surface area (Å²) in [5, 5.41) is 3.29. The third-order valence-corrected chi connectivity index (χ3v) is 6.90. The topological polar surface area (TPSA) is 73.0 Å². The van der Waals surface area contributed by atoms with Crippen molar-refractivity contribution >= 4 is 28.3 Å². The fourth-order valence-corrected chi connectivity index (χ4v) is 4.80. The molecule has 2 saturated heterocycles. The Morgan fingerprint density at radius 3 is 2.56 bits per heavy atom. The normalized spacial score (nSPS) is 22.3. The number of carbonyl (C=O) groups excluding carboxylic acids is 1. The van der Waals surface area contributed by atoms with Crippen molar-refractivity contribution in [2.75, 3.05) is 52.4 Å². The zero-order chi connectivity index (χ0) is 18.7. The Hall–Kier alpha value is -1.26. The van der Waals surface area contributed by atoms with Crippen molar-refractivity contribution in [2.24, 2.45) is 0 Å². The summed E-state index contributed by atoms with van der Waals surface area (Å²) in [4.78, 5) is 16.3. The van der Waals surface area contributed by atoms with Gasteiger partial charge in [-0.1, -0.05) is 6.07 Å². The predicted molar refractivity (Wildman–Crippen MR) is 103 cm³/mol. The highest BCUT2D eigenvalue weighted by molar-refractivity contribution is 7.89. The van der Waals surface area contributed by atoms with E-state index in [1.54, 1.807) is 4.90 Å². The number of sulfonamides is 1. The molecule has 2 fully saturated rings. The fourth-order valence-electron chi connectivity index (χ4n) is 3.35. The number of nitrogens with zero attached hydrogens (tertiary/aromatic N) is 3. The van der Waals surface area contributed by atoms with E-state index < -0.39 is 15.8 Å². The molecule has 0 radical (unpaired) electrons. The van der Waals surface area contributed by atoms with Gasteiger partial charge in [0, 0.05) is 51.9 Å². The van der Waals surface area contributed by atoms with Gasteiger partial charge in [0.25, 0.3) is 0 Å². The van der Waals surface area contributed by atoms with Crippen LogP contribution in [-0.4, -0.2) is 86.8 Å². The van der Waals surface area contributed by atoms with Crippen molar-refractivity contribution in [3.8, 4) is 0 Å². The van der Waals surface area contributed by atoms with Crippen molar-refractivity contribution < 1.29 is 17.6 Å². The molecule has 7 nitrogen and oxygen atoms in total. The molecule has 1 aromatic carbocycles. The van der Waals surface area contributed by atoms with E-state index >= 15 is 0 Å². The molecular weight excluding hydrogens is 395 g/mol. The number of amides is 1. The summed E-state index contributed by atoms with van der Waals surface area (Å²) < 4.78 is 39.9. The highest BCUT2D eigenvalue weighted by atomic mass is 35.5. The first kappa shape index (κ1) is 22.0. The Morgan fingerprint density at radius 1 is 1.22 bits per heavy atom. The quantitative estimate of drug-likeness (QED) is 0.762. The van der Waals surface area contributed by atoms with Crippen LogP contribution in [0.25, 0.3) is 0 Å². The minimum Gasteiger partial charge on any atom is -0.339 e. The molecule has 1 aromatic rings. The lowest BCUT2D eigenvalue weighted by atomic mass is 10.2. The number of rotatable bonds is 4. The van der Waals surface area contributed by atoms with E-state index in [9.17, 15) is 17.6 Å². The monoisotopic (exact) mass is 420 g/mol. The van der Waals surface area contributed by atoms with Gasteiger partial charge in [-0.05, 0) is 25.1 Å². The lowest BCUT2D eigenvalue weighted by Gasteiger charge is -2.37. The van der Waals surface area contributed by atoms with Gasteiger partial charge in [-0.15, -0.1) is 12.4 Å². The molecule has 1 atom stereocenters. The van der Waals surface area contributed by atoms with Gasteiger partial charge in [-0.25, -0.2) is 12.8 Å². The van der Waals surface area contributed by atoms with E-state index in [0.29, 0.717) is 25.7 Å². The first-order chi connectivity index (χ1) is 12.4. The number of carbonyl (C=O) groups is 1. The van der Waals surface area contributed by atoms with Crippen molar-refractivity contribution in [1.29, 1.82) is 0 Å². The molecule has 0 spiro atoms. The van der Waals surface area contributed by atoms with Crippen LogP contribution in [0.15, 0.2) is 29.2 Å². The summed E-state index contributed by atoms with van der Waals surface area (Å²) in [7, 11) is -3.73. The van der Waals surface area contributed by atoms with Crippen LogP contribution in [-0.2, 0) is 14.8 Å². The van der Waals surface area contributed by atoms with Crippen molar-refractivity contribution in [1.82, 2.24) is 19.4 Å². The second-order valence-corrected chi connectivity index (χ2v) is 8.70. The molecule has 0 unspecified atom stereocenters. The van der Waals surface area contributed by atoms with Crippen LogP contribution in [0.3, 0.4) is 0 Å². The second-order valence-electron chi connectivity index (χ2n) is 6.77. The molecule has 0 aliphatic carbocycles. The van der Waals surface area contributed by atoms with Gasteiger partial charge in [-0.2, -0.15) is 4.31 Å². The first-order valence-electron chi connectivity index (χ1n) is 8.86. The average molecular weight is 421 g/mol. The molecule has 0 saturated carbocycles. The maximum absolute atomic E-state index is 13.3. The van der Waals surface area contributed by atoms with Crippen molar-refractivity contribution in [3.63, 3.8) is 0 Å². The Bertz CT molecular complexity index is 756. The van der Waals surface area contributed by atoms with Crippen LogP contribution in [0.1, 0.15) is 6.92 Å². The summed E-state index contributed by atoms with van der Waals surface area (Å²) >= 11 is 0. The maximum Gasteiger partial charge on any atom is 0.243 e. The van der Waals surface area contributed by atoms with Crippen LogP contribution in [0.2, 0.25) is 0 Å². The molecule has 2 heterocycles. The number of hydrogen-bond acceptors (Lipinski definition) is 5. The largest absolute Gasteiger partial charge is 0.339 e. The van der Waals surface area contributed by atoms with Gasteiger partial charge < -0.3 is 10.2 Å². The summed E-state index contributed by atoms with van der Waals surface area (Å²) in [6.07, 6.45) is 0. The van der Waals surface area contributed by atoms with Crippen LogP contribution < -0.4 is 5.32 Å². The molecule has 1 N–H and O–H groups in total. The van der Waals surface area contributed by atoms with E-state index in [4.69, 9.17) is 0 Å². The Labute approximate surface area is 166 Å². The molecule has 152 valence electrons. The fraction of sp³-hybridized carbons (Fsp3) is 0.588. The van der Waals surface area contributed by atoms with Crippen molar-refractivity contribution in [3.05, 3.63) is 30.1 Å². The van der Waals surface area contributed by atoms with Crippen LogP contribution in [0, 0.1) is 5.82 Å². The number of piperazine rings is 2. The van der Waals surface area contributed by atoms with Gasteiger partial charge in [0.2, 0.25) is 15.9 Å². The minimum absolute atomic E-state index is 0. The molecule has 1 amide bonds. The smallest absolute Gasteiger partial charge is 0.243 e.